The number of nitrogens with zero attached hydrogens (tertiary/aromatic N) is 2. The van der Waals surface area contributed by atoms with Crippen LogP contribution < -0.4 is 15.4 Å². The van der Waals surface area contributed by atoms with Gasteiger partial charge in [-0.15, -0.1) is 24.0 Å². The van der Waals surface area contributed by atoms with E-state index < -0.39 is 10.0 Å². The fourth-order valence-corrected chi connectivity index (χ4v) is 4.34. The van der Waals surface area contributed by atoms with Gasteiger partial charge in [-0.05, 0) is 43.0 Å². The number of hydrogen-bond donors (Lipinski definition) is 2. The van der Waals surface area contributed by atoms with E-state index in [2.05, 4.69) is 27.8 Å². The van der Waals surface area contributed by atoms with E-state index in [1.165, 1.54) is 10.6 Å². The molecule has 31 heavy (non-hydrogen) atoms. The monoisotopic (exact) mass is 558 g/mol. The quantitative estimate of drug-likeness (QED) is 0.310. The minimum absolute atomic E-state index is 0. The van der Waals surface area contributed by atoms with Crippen molar-refractivity contribution in [3.05, 3.63) is 59.7 Å². The van der Waals surface area contributed by atoms with E-state index >= 15 is 0 Å². The SMILES string of the molecule is CN=C(NCc1ccc(C)cc1Oc1ccccc1)NCC1CCN(S(C)(=O)=O)C1.I. The van der Waals surface area contributed by atoms with Crippen molar-refractivity contribution in [3.63, 3.8) is 0 Å². The Labute approximate surface area is 202 Å². The number of benzene rings is 2. The molecule has 1 aliphatic heterocycles. The summed E-state index contributed by atoms with van der Waals surface area (Å²) in [5.41, 5.74) is 2.15. The molecule has 0 aliphatic carbocycles. The molecule has 2 aromatic rings. The molecule has 1 unspecified atom stereocenters. The molecule has 0 amide bonds. The second kappa shape index (κ2) is 11.7. The van der Waals surface area contributed by atoms with Crippen LogP contribution in [0.1, 0.15) is 17.5 Å². The summed E-state index contributed by atoms with van der Waals surface area (Å²) in [5.74, 6) is 2.56. The third kappa shape index (κ3) is 7.65. The number of sulfonamides is 1. The number of guanidine groups is 1. The lowest BCUT2D eigenvalue weighted by Gasteiger charge is -2.17. The molecule has 2 aromatic carbocycles. The largest absolute Gasteiger partial charge is 0.457 e. The zero-order chi connectivity index (χ0) is 21.6. The van der Waals surface area contributed by atoms with Gasteiger partial charge < -0.3 is 15.4 Å². The summed E-state index contributed by atoms with van der Waals surface area (Å²) in [6.45, 7) is 4.41. The van der Waals surface area contributed by atoms with Crippen LogP contribution in [0, 0.1) is 12.8 Å². The molecule has 0 bridgehead atoms. The second-order valence-corrected chi connectivity index (χ2v) is 9.59. The Morgan fingerprint density at radius 3 is 2.58 bits per heavy atom. The van der Waals surface area contributed by atoms with E-state index in [1.807, 2.05) is 43.3 Å². The molecule has 1 aliphatic rings. The highest BCUT2D eigenvalue weighted by Gasteiger charge is 2.28. The van der Waals surface area contributed by atoms with Gasteiger partial charge in [0, 0.05) is 38.8 Å². The molecule has 2 N–H and O–H groups in total. The van der Waals surface area contributed by atoms with Crippen LogP contribution >= 0.6 is 24.0 Å². The molecule has 1 heterocycles. The number of para-hydroxylation sites is 1. The zero-order valence-electron chi connectivity index (χ0n) is 18.2. The Morgan fingerprint density at radius 1 is 1.19 bits per heavy atom. The highest BCUT2D eigenvalue weighted by molar-refractivity contribution is 14.0. The maximum Gasteiger partial charge on any atom is 0.211 e. The molecule has 3 rings (SSSR count). The van der Waals surface area contributed by atoms with Crippen molar-refractivity contribution in [2.75, 3.05) is 32.9 Å². The topological polar surface area (TPSA) is 83.0 Å². The van der Waals surface area contributed by atoms with E-state index in [0.29, 0.717) is 32.1 Å². The first kappa shape index (κ1) is 25.4. The van der Waals surface area contributed by atoms with Gasteiger partial charge in [-0.1, -0.05) is 30.3 Å². The standard InChI is InChI=1S/C22H30N4O3S.HI/c1-17-9-10-19(21(13-17)29-20-7-5-4-6-8-20)15-25-22(23-2)24-14-18-11-12-26(16-18)30(3,27)28;/h4-10,13,18H,11-12,14-16H2,1-3H3,(H2,23,24,25);1H. The number of hydrogen-bond acceptors (Lipinski definition) is 4. The summed E-state index contributed by atoms with van der Waals surface area (Å²) in [5, 5.41) is 6.63. The predicted octanol–water partition coefficient (Wildman–Crippen LogP) is 3.35. The Balaban J connectivity index is 0.00000341. The fraction of sp³-hybridized carbons (Fsp3) is 0.409. The number of rotatable bonds is 7. The van der Waals surface area contributed by atoms with Crippen molar-refractivity contribution >= 4 is 40.0 Å². The van der Waals surface area contributed by atoms with Gasteiger partial charge in [0.1, 0.15) is 11.5 Å². The van der Waals surface area contributed by atoms with Crippen LogP contribution in [-0.2, 0) is 16.6 Å². The average molecular weight is 558 g/mol. The van der Waals surface area contributed by atoms with E-state index in [4.69, 9.17) is 4.74 Å². The van der Waals surface area contributed by atoms with Crippen molar-refractivity contribution in [3.8, 4) is 11.5 Å². The van der Waals surface area contributed by atoms with Crippen LogP contribution in [0.4, 0.5) is 0 Å². The van der Waals surface area contributed by atoms with E-state index in [9.17, 15) is 8.42 Å². The number of halogens is 1. The van der Waals surface area contributed by atoms with Gasteiger partial charge in [0.25, 0.3) is 0 Å². The van der Waals surface area contributed by atoms with Gasteiger partial charge in [-0.3, -0.25) is 4.99 Å². The molecule has 170 valence electrons. The second-order valence-electron chi connectivity index (χ2n) is 7.61. The van der Waals surface area contributed by atoms with Gasteiger partial charge in [0.2, 0.25) is 10.0 Å². The highest BCUT2D eigenvalue weighted by Crippen LogP contribution is 2.26. The molecule has 0 radical (unpaired) electrons. The minimum atomic E-state index is -3.11. The van der Waals surface area contributed by atoms with Crippen molar-refractivity contribution in [2.45, 2.75) is 19.9 Å². The van der Waals surface area contributed by atoms with Crippen LogP contribution in [0.2, 0.25) is 0 Å². The summed E-state index contributed by atoms with van der Waals surface area (Å²) in [7, 11) is -1.39. The molecule has 0 aromatic heterocycles. The third-order valence-electron chi connectivity index (χ3n) is 5.14. The van der Waals surface area contributed by atoms with Gasteiger partial charge in [0.05, 0.1) is 6.26 Å². The molecule has 7 nitrogen and oxygen atoms in total. The van der Waals surface area contributed by atoms with Crippen molar-refractivity contribution < 1.29 is 13.2 Å². The van der Waals surface area contributed by atoms with Gasteiger partial charge in [-0.25, -0.2) is 12.7 Å². The number of aryl methyl sites for hydroxylation is 1. The number of aliphatic imine (C=N–C) groups is 1. The molecule has 1 fully saturated rings. The summed E-state index contributed by atoms with van der Waals surface area (Å²) in [4.78, 5) is 4.28. The Morgan fingerprint density at radius 2 is 1.94 bits per heavy atom. The zero-order valence-corrected chi connectivity index (χ0v) is 21.3. The first-order chi connectivity index (χ1) is 14.3. The Bertz CT molecular complexity index is 984. The molecular weight excluding hydrogens is 527 g/mol. The van der Waals surface area contributed by atoms with Crippen molar-refractivity contribution in [1.82, 2.24) is 14.9 Å². The summed E-state index contributed by atoms with van der Waals surface area (Å²) < 4.78 is 31.0. The molecule has 0 saturated carbocycles. The van der Waals surface area contributed by atoms with Crippen LogP contribution in [-0.4, -0.2) is 51.6 Å². The fourth-order valence-electron chi connectivity index (χ4n) is 3.42. The van der Waals surface area contributed by atoms with Crippen molar-refractivity contribution in [2.24, 2.45) is 10.9 Å². The highest BCUT2D eigenvalue weighted by atomic mass is 127. The first-order valence-electron chi connectivity index (χ1n) is 10.1. The molecule has 0 spiro atoms. The van der Waals surface area contributed by atoms with Gasteiger partial charge in [0.15, 0.2) is 5.96 Å². The normalized spacial score (nSPS) is 17.1. The Kier molecular flexibility index (Phi) is 9.57. The lowest BCUT2D eigenvalue weighted by atomic mass is 10.1. The lowest BCUT2D eigenvalue weighted by molar-refractivity contribution is 0.458. The van der Waals surface area contributed by atoms with Crippen molar-refractivity contribution in [1.29, 1.82) is 0 Å². The third-order valence-corrected chi connectivity index (χ3v) is 6.41. The molecule has 9 heteroatoms. The van der Waals surface area contributed by atoms with Gasteiger partial charge >= 0.3 is 0 Å². The van der Waals surface area contributed by atoms with Crippen LogP contribution in [0.5, 0.6) is 11.5 Å². The average Bonchev–Trinajstić information content (AvgIpc) is 3.20. The molecule has 1 saturated heterocycles. The van der Waals surface area contributed by atoms with E-state index in [-0.39, 0.29) is 29.9 Å². The Hall–Kier alpha value is -1.85. The first-order valence-corrected chi connectivity index (χ1v) is 11.9. The van der Waals surface area contributed by atoms with E-state index in [0.717, 1.165) is 29.0 Å². The van der Waals surface area contributed by atoms with Crippen LogP contribution in [0.25, 0.3) is 0 Å². The maximum absolute atomic E-state index is 11.7. The maximum atomic E-state index is 11.7. The number of ether oxygens (including phenoxy) is 1. The van der Waals surface area contributed by atoms with E-state index in [1.54, 1.807) is 7.05 Å². The smallest absolute Gasteiger partial charge is 0.211 e. The number of nitrogens with one attached hydrogen (secondary N) is 2. The predicted molar refractivity (Wildman–Crippen MR) is 136 cm³/mol. The summed E-state index contributed by atoms with van der Waals surface area (Å²) in [6.07, 6.45) is 2.12. The summed E-state index contributed by atoms with van der Waals surface area (Å²) in [6, 6.07) is 15.9. The van der Waals surface area contributed by atoms with Crippen LogP contribution in [0.3, 0.4) is 0 Å². The minimum Gasteiger partial charge on any atom is -0.457 e. The van der Waals surface area contributed by atoms with Gasteiger partial charge in [-0.2, -0.15) is 0 Å². The lowest BCUT2D eigenvalue weighted by Crippen LogP contribution is -2.40. The summed E-state index contributed by atoms with van der Waals surface area (Å²) >= 11 is 0. The molecule has 1 atom stereocenters. The van der Waals surface area contributed by atoms with Crippen LogP contribution in [0.15, 0.2) is 53.5 Å². The molecular formula is C22H31IN4O3S.